The van der Waals surface area contributed by atoms with Crippen LogP contribution in [0, 0.1) is 0 Å². The van der Waals surface area contributed by atoms with E-state index in [0.29, 0.717) is 17.5 Å². The Bertz CT molecular complexity index is 804. The molecule has 0 atom stereocenters. The zero-order valence-electron chi connectivity index (χ0n) is 11.1. The third-order valence-corrected chi connectivity index (χ3v) is 3.57. The molecule has 0 aliphatic heterocycles. The van der Waals surface area contributed by atoms with Gasteiger partial charge in [-0.1, -0.05) is 5.16 Å². The summed E-state index contributed by atoms with van der Waals surface area (Å²) in [5, 5.41) is 3.87. The number of imidazole rings is 1. The van der Waals surface area contributed by atoms with Gasteiger partial charge in [0.25, 0.3) is 0 Å². The Morgan fingerprint density at radius 3 is 3.05 bits per heavy atom. The molecule has 0 bridgehead atoms. The molecule has 0 fully saturated rings. The number of aromatic nitrogens is 5. The van der Waals surface area contributed by atoms with E-state index in [1.54, 1.807) is 46.4 Å². The molecular formula is C12H13N5O2S. The van der Waals surface area contributed by atoms with Gasteiger partial charge < -0.3 is 4.52 Å². The lowest BCUT2D eigenvalue weighted by molar-refractivity contribution is 0.367. The molecular weight excluding hydrogens is 278 g/mol. The lowest BCUT2D eigenvalue weighted by Gasteiger charge is -1.97. The van der Waals surface area contributed by atoms with Gasteiger partial charge in [-0.05, 0) is 12.3 Å². The van der Waals surface area contributed by atoms with Crippen LogP contribution in [0.5, 0.6) is 0 Å². The van der Waals surface area contributed by atoms with Crippen molar-refractivity contribution in [3.05, 3.63) is 40.7 Å². The molecule has 0 amide bonds. The zero-order chi connectivity index (χ0) is 14.1. The fourth-order valence-electron chi connectivity index (χ4n) is 2.09. The van der Waals surface area contributed by atoms with Crippen molar-refractivity contribution in [1.29, 1.82) is 0 Å². The highest BCUT2D eigenvalue weighted by atomic mass is 32.2. The Balaban J connectivity index is 2.02. The van der Waals surface area contributed by atoms with E-state index in [9.17, 15) is 4.79 Å². The number of hydrogen-bond acceptors (Lipinski definition) is 6. The molecule has 0 spiro atoms. The summed E-state index contributed by atoms with van der Waals surface area (Å²) < 4.78 is 8.33. The second-order valence-corrected chi connectivity index (χ2v) is 5.20. The second kappa shape index (κ2) is 5.12. The summed E-state index contributed by atoms with van der Waals surface area (Å²) in [7, 11) is 1.73. The van der Waals surface area contributed by atoms with Crippen molar-refractivity contribution in [1.82, 2.24) is 24.3 Å². The molecule has 3 aromatic heterocycles. The monoisotopic (exact) mass is 291 g/mol. The molecule has 8 heteroatoms. The second-order valence-electron chi connectivity index (χ2n) is 4.33. The maximum absolute atomic E-state index is 12.2. The van der Waals surface area contributed by atoms with Gasteiger partial charge in [-0.15, -0.1) is 0 Å². The van der Waals surface area contributed by atoms with E-state index in [-0.39, 0.29) is 12.2 Å². The summed E-state index contributed by atoms with van der Waals surface area (Å²) in [6.07, 6.45) is 5.29. The van der Waals surface area contributed by atoms with Crippen LogP contribution in [0.4, 0.5) is 0 Å². The summed E-state index contributed by atoms with van der Waals surface area (Å²) in [5.74, 6) is 1.75. The van der Waals surface area contributed by atoms with Gasteiger partial charge in [0, 0.05) is 13.2 Å². The number of aryl methyl sites for hydroxylation is 1. The van der Waals surface area contributed by atoms with Crippen LogP contribution in [-0.2, 0) is 19.3 Å². The summed E-state index contributed by atoms with van der Waals surface area (Å²) in [5.41, 5.74) is 1.45. The van der Waals surface area contributed by atoms with Crippen molar-refractivity contribution in [2.45, 2.75) is 12.3 Å². The molecule has 3 aromatic rings. The van der Waals surface area contributed by atoms with Crippen molar-refractivity contribution in [3.63, 3.8) is 0 Å². The van der Waals surface area contributed by atoms with Crippen molar-refractivity contribution in [2.24, 2.45) is 7.05 Å². The molecule has 0 aliphatic rings. The SMILES string of the molecule is CSCc1noc(Cn2c(=O)n(C)c3ccncc32)n1. The van der Waals surface area contributed by atoms with Gasteiger partial charge in [-0.25, -0.2) is 4.79 Å². The molecule has 20 heavy (non-hydrogen) atoms. The molecule has 3 heterocycles. The Morgan fingerprint density at radius 2 is 2.25 bits per heavy atom. The maximum Gasteiger partial charge on any atom is 0.329 e. The minimum absolute atomic E-state index is 0.127. The molecule has 0 saturated heterocycles. The normalized spacial score (nSPS) is 11.3. The Hall–Kier alpha value is -2.09. The van der Waals surface area contributed by atoms with Crippen LogP contribution in [0.25, 0.3) is 11.0 Å². The van der Waals surface area contributed by atoms with Crippen LogP contribution in [0.3, 0.4) is 0 Å². The van der Waals surface area contributed by atoms with Gasteiger partial charge in [0.1, 0.15) is 6.54 Å². The Kier molecular flexibility index (Phi) is 3.31. The number of nitrogens with zero attached hydrogens (tertiary/aromatic N) is 5. The van der Waals surface area contributed by atoms with Gasteiger partial charge in [-0.3, -0.25) is 14.1 Å². The first-order valence-corrected chi connectivity index (χ1v) is 7.39. The summed E-state index contributed by atoms with van der Waals surface area (Å²) in [6, 6.07) is 1.81. The average Bonchev–Trinajstić information content (AvgIpc) is 2.99. The maximum atomic E-state index is 12.2. The van der Waals surface area contributed by atoms with Crippen LogP contribution < -0.4 is 5.69 Å². The van der Waals surface area contributed by atoms with E-state index < -0.39 is 0 Å². The molecule has 0 aliphatic carbocycles. The van der Waals surface area contributed by atoms with Crippen LogP contribution in [0.1, 0.15) is 11.7 Å². The smallest absolute Gasteiger partial charge is 0.329 e. The van der Waals surface area contributed by atoms with Crippen molar-refractivity contribution < 1.29 is 4.52 Å². The van der Waals surface area contributed by atoms with Gasteiger partial charge in [-0.2, -0.15) is 16.7 Å². The van der Waals surface area contributed by atoms with Crippen LogP contribution >= 0.6 is 11.8 Å². The summed E-state index contributed by atoms with van der Waals surface area (Å²) in [6.45, 7) is 0.253. The van der Waals surface area contributed by atoms with Gasteiger partial charge >= 0.3 is 5.69 Å². The predicted octanol–water partition coefficient (Wildman–Crippen LogP) is 1.03. The average molecular weight is 291 g/mol. The van der Waals surface area contributed by atoms with E-state index in [0.717, 1.165) is 11.0 Å². The van der Waals surface area contributed by atoms with Gasteiger partial charge in [0.15, 0.2) is 5.82 Å². The number of fused-ring (bicyclic) bond motifs is 1. The van der Waals surface area contributed by atoms with Crippen LogP contribution in [0.2, 0.25) is 0 Å². The quantitative estimate of drug-likeness (QED) is 0.714. The minimum atomic E-state index is -0.127. The number of pyridine rings is 1. The third kappa shape index (κ3) is 2.11. The lowest BCUT2D eigenvalue weighted by atomic mass is 10.4. The van der Waals surface area contributed by atoms with E-state index in [1.807, 2.05) is 6.26 Å². The molecule has 3 rings (SSSR count). The van der Waals surface area contributed by atoms with Gasteiger partial charge in [0.05, 0.1) is 23.0 Å². The first kappa shape index (κ1) is 12.9. The Labute approximate surface area is 118 Å². The van der Waals surface area contributed by atoms with Gasteiger partial charge in [0.2, 0.25) is 5.89 Å². The summed E-state index contributed by atoms with van der Waals surface area (Å²) in [4.78, 5) is 20.6. The molecule has 0 aromatic carbocycles. The third-order valence-electron chi connectivity index (χ3n) is 3.02. The van der Waals surface area contributed by atoms with E-state index in [1.165, 1.54) is 0 Å². The predicted molar refractivity (Wildman–Crippen MR) is 75.6 cm³/mol. The molecule has 7 nitrogen and oxygen atoms in total. The fraction of sp³-hybridized carbons (Fsp3) is 0.333. The minimum Gasteiger partial charge on any atom is -0.337 e. The molecule has 0 unspecified atom stereocenters. The first-order valence-electron chi connectivity index (χ1n) is 6.00. The highest BCUT2D eigenvalue weighted by Crippen LogP contribution is 2.12. The summed E-state index contributed by atoms with van der Waals surface area (Å²) >= 11 is 1.62. The number of thioether (sulfide) groups is 1. The first-order chi connectivity index (χ1) is 9.70. The zero-order valence-corrected chi connectivity index (χ0v) is 11.9. The van der Waals surface area contributed by atoms with Crippen LogP contribution in [0.15, 0.2) is 27.8 Å². The molecule has 104 valence electrons. The van der Waals surface area contributed by atoms with E-state index in [2.05, 4.69) is 15.1 Å². The van der Waals surface area contributed by atoms with Crippen molar-refractivity contribution in [2.75, 3.05) is 6.26 Å². The topological polar surface area (TPSA) is 78.7 Å². The molecule has 0 N–H and O–H groups in total. The van der Waals surface area contributed by atoms with Crippen molar-refractivity contribution in [3.8, 4) is 0 Å². The van der Waals surface area contributed by atoms with E-state index in [4.69, 9.17) is 4.52 Å². The fourth-order valence-corrected chi connectivity index (χ4v) is 2.46. The van der Waals surface area contributed by atoms with Crippen LogP contribution in [-0.4, -0.2) is 30.5 Å². The standard InChI is InChI=1S/C12H13N5O2S/c1-16-8-3-4-13-5-9(8)17(12(16)18)6-11-14-10(7-20-2)15-19-11/h3-5H,6-7H2,1-2H3. The molecule has 0 saturated carbocycles. The number of rotatable bonds is 4. The van der Waals surface area contributed by atoms with Crippen molar-refractivity contribution >= 4 is 22.8 Å². The molecule has 0 radical (unpaired) electrons. The highest BCUT2D eigenvalue weighted by Gasteiger charge is 2.14. The highest BCUT2D eigenvalue weighted by molar-refractivity contribution is 7.97. The lowest BCUT2D eigenvalue weighted by Crippen LogP contribution is -2.22. The Morgan fingerprint density at radius 1 is 1.40 bits per heavy atom. The largest absolute Gasteiger partial charge is 0.337 e. The number of hydrogen-bond donors (Lipinski definition) is 0. The van der Waals surface area contributed by atoms with E-state index >= 15 is 0 Å².